The van der Waals surface area contributed by atoms with E-state index in [4.69, 9.17) is 0 Å². The quantitative estimate of drug-likeness (QED) is 0.286. The minimum Gasteiger partial charge on any atom is -0.0651 e. The zero-order valence-corrected chi connectivity index (χ0v) is 21.5. The molecule has 2 aromatic rings. The van der Waals surface area contributed by atoms with Gasteiger partial charge in [-0.25, -0.2) is 0 Å². The molecule has 0 aliphatic heterocycles. The number of rotatable bonds is 14. The van der Waals surface area contributed by atoms with E-state index >= 15 is 0 Å². The zero-order chi connectivity index (χ0) is 22.6. The van der Waals surface area contributed by atoms with Crippen molar-refractivity contribution in [2.24, 2.45) is 0 Å². The highest BCUT2D eigenvalue weighted by molar-refractivity contribution is 5.49. The molecule has 172 valence electrons. The Kier molecular flexibility index (Phi) is 11.4. The van der Waals surface area contributed by atoms with Gasteiger partial charge < -0.3 is 0 Å². The van der Waals surface area contributed by atoms with Gasteiger partial charge in [-0.1, -0.05) is 104 Å². The van der Waals surface area contributed by atoms with Gasteiger partial charge in [-0.15, -0.1) is 0 Å². The molecule has 0 aromatic heterocycles. The van der Waals surface area contributed by atoms with Crippen LogP contribution in [0.3, 0.4) is 0 Å². The van der Waals surface area contributed by atoms with Crippen molar-refractivity contribution in [3.63, 3.8) is 0 Å². The van der Waals surface area contributed by atoms with E-state index < -0.39 is 0 Å². The van der Waals surface area contributed by atoms with Crippen molar-refractivity contribution in [1.82, 2.24) is 0 Å². The summed E-state index contributed by atoms with van der Waals surface area (Å²) in [5.41, 5.74) is 13.2. The second-order valence-electron chi connectivity index (χ2n) is 9.36. The molecule has 0 heterocycles. The van der Waals surface area contributed by atoms with Gasteiger partial charge in [-0.2, -0.15) is 0 Å². The Morgan fingerprint density at radius 2 is 0.613 bits per heavy atom. The minimum atomic E-state index is 1.14. The molecule has 0 aliphatic rings. The fraction of sp³-hybridized carbons (Fsp3) is 0.613. The van der Waals surface area contributed by atoms with E-state index in [1.807, 2.05) is 0 Å². The van der Waals surface area contributed by atoms with Gasteiger partial charge in [0.1, 0.15) is 0 Å². The Hall–Kier alpha value is -1.56. The Morgan fingerprint density at radius 3 is 0.871 bits per heavy atom. The third-order valence-electron chi connectivity index (χ3n) is 6.68. The maximum Gasteiger partial charge on any atom is -0.00146 e. The lowest BCUT2D eigenvalue weighted by Gasteiger charge is -2.23. The van der Waals surface area contributed by atoms with Crippen LogP contribution in [-0.4, -0.2) is 0 Å². The first-order valence-corrected chi connectivity index (χ1v) is 13.4. The lowest BCUT2D eigenvalue weighted by atomic mass is 9.81. The molecular weight excluding hydrogens is 372 g/mol. The van der Waals surface area contributed by atoms with Gasteiger partial charge in [0.25, 0.3) is 0 Å². The maximum atomic E-state index is 2.47. The highest BCUT2D eigenvalue weighted by Gasteiger charge is 2.18. The average Bonchev–Trinajstić information content (AvgIpc) is 2.76. The first-order valence-electron chi connectivity index (χ1n) is 13.4. The van der Waals surface area contributed by atoms with Crippen molar-refractivity contribution >= 4 is 0 Å². The summed E-state index contributed by atoms with van der Waals surface area (Å²) in [6.07, 6.45) is 15.8. The molecule has 0 unspecified atom stereocenters. The molecule has 0 saturated heterocycles. The van der Waals surface area contributed by atoms with E-state index in [9.17, 15) is 0 Å². The number of hydrogen-bond acceptors (Lipinski definition) is 0. The first kappa shape index (κ1) is 25.7. The molecule has 0 fully saturated rings. The van der Waals surface area contributed by atoms with Crippen LogP contribution in [0.15, 0.2) is 24.3 Å². The summed E-state index contributed by atoms with van der Waals surface area (Å²) >= 11 is 0. The first-order chi connectivity index (χ1) is 15.1. The second kappa shape index (κ2) is 13.8. The molecule has 0 amide bonds. The summed E-state index contributed by atoms with van der Waals surface area (Å²) in [6.45, 7) is 14.0. The molecule has 0 N–H and O–H groups in total. The lowest BCUT2D eigenvalue weighted by molar-refractivity contribution is 0.808. The highest BCUT2D eigenvalue weighted by Crippen LogP contribution is 2.31. The van der Waals surface area contributed by atoms with E-state index in [0.717, 1.165) is 6.42 Å². The van der Waals surface area contributed by atoms with Crippen molar-refractivity contribution in [1.29, 1.82) is 0 Å². The number of hydrogen-bond donors (Lipinski definition) is 0. The third kappa shape index (κ3) is 6.71. The molecule has 0 spiro atoms. The fourth-order valence-electron chi connectivity index (χ4n) is 5.33. The van der Waals surface area contributed by atoms with Crippen molar-refractivity contribution in [3.8, 4) is 0 Å². The maximum absolute atomic E-state index is 2.47. The van der Waals surface area contributed by atoms with Gasteiger partial charge in [0, 0.05) is 0 Å². The molecule has 31 heavy (non-hydrogen) atoms. The van der Waals surface area contributed by atoms with E-state index in [1.54, 1.807) is 44.5 Å². The lowest BCUT2D eigenvalue weighted by Crippen LogP contribution is -2.11. The third-order valence-corrected chi connectivity index (χ3v) is 6.68. The molecule has 0 radical (unpaired) electrons. The normalized spacial score (nSPS) is 11.3. The second-order valence-corrected chi connectivity index (χ2v) is 9.36. The SMILES string of the molecule is CCCc1ccc(CCC)c(Cc2c(CCC)ccc(CCC)c2CCC)c1CCC. The highest BCUT2D eigenvalue weighted by atomic mass is 14.2. The summed E-state index contributed by atoms with van der Waals surface area (Å²) in [5, 5.41) is 0. The molecule has 2 rings (SSSR count). The topological polar surface area (TPSA) is 0 Å². The van der Waals surface area contributed by atoms with Crippen molar-refractivity contribution in [2.75, 3.05) is 0 Å². The van der Waals surface area contributed by atoms with Crippen LogP contribution >= 0.6 is 0 Å². The van der Waals surface area contributed by atoms with Gasteiger partial charge in [0.05, 0.1) is 0 Å². The molecular formula is C31H48. The summed E-state index contributed by atoms with van der Waals surface area (Å²) in [4.78, 5) is 0. The van der Waals surface area contributed by atoms with Gasteiger partial charge in [0.2, 0.25) is 0 Å². The molecule has 2 aromatic carbocycles. The van der Waals surface area contributed by atoms with Crippen LogP contribution in [0, 0.1) is 0 Å². The summed E-state index contributed by atoms with van der Waals surface area (Å²) in [5.74, 6) is 0. The minimum absolute atomic E-state index is 1.14. The Morgan fingerprint density at radius 1 is 0.355 bits per heavy atom. The van der Waals surface area contributed by atoms with Gasteiger partial charge in [0.15, 0.2) is 0 Å². The largest absolute Gasteiger partial charge is 0.0651 e. The molecule has 0 saturated carbocycles. The predicted octanol–water partition coefficient (Wildman–Crippen LogP) is 8.99. The van der Waals surface area contributed by atoms with Gasteiger partial charge in [-0.3, -0.25) is 0 Å². The molecule has 0 atom stereocenters. The Bertz CT molecular complexity index is 729. The van der Waals surface area contributed by atoms with Crippen LogP contribution in [0.4, 0.5) is 0 Å². The monoisotopic (exact) mass is 420 g/mol. The molecule has 0 nitrogen and oxygen atoms in total. The number of aryl methyl sites for hydroxylation is 4. The molecule has 0 bridgehead atoms. The van der Waals surface area contributed by atoms with Gasteiger partial charge >= 0.3 is 0 Å². The van der Waals surface area contributed by atoms with E-state index in [1.165, 1.54) is 77.0 Å². The van der Waals surface area contributed by atoms with E-state index in [2.05, 4.69) is 65.8 Å². The van der Waals surface area contributed by atoms with Crippen molar-refractivity contribution in [3.05, 3.63) is 68.8 Å². The van der Waals surface area contributed by atoms with Crippen LogP contribution in [0.25, 0.3) is 0 Å². The summed E-state index contributed by atoms with van der Waals surface area (Å²) in [7, 11) is 0. The molecule has 0 heteroatoms. The van der Waals surface area contributed by atoms with E-state index in [-0.39, 0.29) is 0 Å². The smallest absolute Gasteiger partial charge is 0.00146 e. The summed E-state index contributed by atoms with van der Waals surface area (Å²) < 4.78 is 0. The standard InChI is InChI=1S/C31H48/c1-7-13-24-19-21-26(15-9-3)30(28(24)17-11-5)23-31-27(16-10-4)22-20-25(14-8-2)29(31)18-12-6/h19-22H,7-18,23H2,1-6H3. The average molecular weight is 421 g/mol. The molecule has 0 aliphatic carbocycles. The van der Waals surface area contributed by atoms with Crippen LogP contribution < -0.4 is 0 Å². The van der Waals surface area contributed by atoms with Crippen molar-refractivity contribution < 1.29 is 0 Å². The number of benzene rings is 2. The van der Waals surface area contributed by atoms with E-state index in [0.29, 0.717) is 0 Å². The van der Waals surface area contributed by atoms with Gasteiger partial charge in [-0.05, 0) is 89.5 Å². The Balaban J connectivity index is 2.71. The Labute approximate surface area is 193 Å². The van der Waals surface area contributed by atoms with Crippen LogP contribution in [0.1, 0.15) is 125 Å². The van der Waals surface area contributed by atoms with Crippen molar-refractivity contribution in [2.45, 2.75) is 125 Å². The van der Waals surface area contributed by atoms with Crippen LogP contribution in [-0.2, 0) is 44.9 Å². The summed E-state index contributed by atoms with van der Waals surface area (Å²) in [6, 6.07) is 9.85. The predicted molar refractivity (Wildman–Crippen MR) is 140 cm³/mol. The van der Waals surface area contributed by atoms with Crippen LogP contribution in [0.2, 0.25) is 0 Å². The zero-order valence-electron chi connectivity index (χ0n) is 21.5. The fourth-order valence-corrected chi connectivity index (χ4v) is 5.33. The van der Waals surface area contributed by atoms with Crippen LogP contribution in [0.5, 0.6) is 0 Å².